The van der Waals surface area contributed by atoms with Crippen molar-refractivity contribution < 1.29 is 0 Å². The van der Waals surface area contributed by atoms with Crippen LogP contribution in [0.15, 0.2) is 6.07 Å². The van der Waals surface area contributed by atoms with Crippen LogP contribution >= 0.6 is 11.6 Å². The van der Waals surface area contributed by atoms with E-state index in [1.807, 2.05) is 0 Å². The summed E-state index contributed by atoms with van der Waals surface area (Å²) in [6.45, 7) is 3.18. The van der Waals surface area contributed by atoms with Gasteiger partial charge in [-0.25, -0.2) is 4.98 Å². The number of nitrogens with one attached hydrogen (secondary N) is 1. The third kappa shape index (κ3) is 2.26. The Hall–Kier alpha value is -1.03. The molecule has 1 aromatic rings. The van der Waals surface area contributed by atoms with Crippen LogP contribution in [0.2, 0.25) is 5.15 Å². The lowest BCUT2D eigenvalue weighted by molar-refractivity contribution is 0.784. The molecule has 1 aliphatic rings. The lowest BCUT2D eigenvalue weighted by Gasteiger charge is -2.05. The van der Waals surface area contributed by atoms with E-state index in [1.165, 1.54) is 6.42 Å². The molecule has 2 rings (SSSR count). The SMILES string of the molecule is CC1CC1CNc1cc(Cl)nc(N)n1. The lowest BCUT2D eigenvalue weighted by Crippen LogP contribution is -2.07. The van der Waals surface area contributed by atoms with Gasteiger partial charge in [-0.05, 0) is 18.3 Å². The van der Waals surface area contributed by atoms with Crippen LogP contribution in [0.1, 0.15) is 13.3 Å². The number of nitrogens with two attached hydrogens (primary N) is 1. The average molecular weight is 213 g/mol. The minimum Gasteiger partial charge on any atom is -0.370 e. The molecule has 1 saturated carbocycles. The zero-order valence-electron chi connectivity index (χ0n) is 8.00. The topological polar surface area (TPSA) is 63.8 Å². The van der Waals surface area contributed by atoms with Crippen LogP contribution in [0, 0.1) is 11.8 Å². The number of hydrogen-bond donors (Lipinski definition) is 2. The van der Waals surface area contributed by atoms with Crippen LogP contribution in [0.3, 0.4) is 0 Å². The largest absolute Gasteiger partial charge is 0.370 e. The smallest absolute Gasteiger partial charge is 0.223 e. The standard InChI is InChI=1S/C9H13ClN4/c1-5-2-6(5)4-12-8-3-7(10)13-9(11)14-8/h3,5-6H,2,4H2,1H3,(H3,11,12,13,14). The van der Waals surface area contributed by atoms with E-state index in [0.29, 0.717) is 11.0 Å². The highest BCUT2D eigenvalue weighted by Crippen LogP contribution is 2.37. The predicted molar refractivity (Wildman–Crippen MR) is 57.2 cm³/mol. The number of halogens is 1. The second-order valence-electron chi connectivity index (χ2n) is 3.79. The zero-order chi connectivity index (χ0) is 10.1. The van der Waals surface area contributed by atoms with E-state index in [-0.39, 0.29) is 5.95 Å². The van der Waals surface area contributed by atoms with Gasteiger partial charge in [0.15, 0.2) is 0 Å². The molecule has 0 bridgehead atoms. The van der Waals surface area contributed by atoms with Crippen molar-refractivity contribution in [2.45, 2.75) is 13.3 Å². The molecule has 0 amide bonds. The maximum absolute atomic E-state index is 5.74. The van der Waals surface area contributed by atoms with Crippen LogP contribution in [-0.2, 0) is 0 Å². The normalized spacial score (nSPS) is 24.7. The predicted octanol–water partition coefficient (Wildman–Crippen LogP) is 1.78. The average Bonchev–Trinajstić information content (AvgIpc) is 2.77. The first-order valence-corrected chi connectivity index (χ1v) is 5.07. The first-order valence-electron chi connectivity index (χ1n) is 4.69. The second-order valence-corrected chi connectivity index (χ2v) is 4.18. The molecule has 0 spiro atoms. The number of hydrogen-bond acceptors (Lipinski definition) is 4. The summed E-state index contributed by atoms with van der Waals surface area (Å²) in [6, 6.07) is 1.69. The van der Waals surface area contributed by atoms with Gasteiger partial charge in [-0.2, -0.15) is 4.98 Å². The van der Waals surface area contributed by atoms with E-state index < -0.39 is 0 Å². The van der Waals surface area contributed by atoms with Crippen molar-refractivity contribution in [3.8, 4) is 0 Å². The number of aromatic nitrogens is 2. The van der Waals surface area contributed by atoms with Gasteiger partial charge in [0.2, 0.25) is 5.95 Å². The Morgan fingerprint density at radius 3 is 2.93 bits per heavy atom. The highest BCUT2D eigenvalue weighted by molar-refractivity contribution is 6.29. The van der Waals surface area contributed by atoms with Crippen molar-refractivity contribution >= 4 is 23.4 Å². The van der Waals surface area contributed by atoms with E-state index in [1.54, 1.807) is 6.07 Å². The minimum atomic E-state index is 0.212. The Morgan fingerprint density at radius 2 is 2.36 bits per heavy atom. The summed E-state index contributed by atoms with van der Waals surface area (Å²) in [5.74, 6) is 2.52. The first-order chi connectivity index (χ1) is 6.65. The summed E-state index contributed by atoms with van der Waals surface area (Å²) in [4.78, 5) is 7.81. The molecule has 2 atom stereocenters. The van der Waals surface area contributed by atoms with Crippen LogP contribution in [0.25, 0.3) is 0 Å². The molecular formula is C9H13ClN4. The van der Waals surface area contributed by atoms with Crippen molar-refractivity contribution in [3.05, 3.63) is 11.2 Å². The highest BCUT2D eigenvalue weighted by Gasteiger charge is 2.31. The maximum Gasteiger partial charge on any atom is 0.223 e. The highest BCUT2D eigenvalue weighted by atomic mass is 35.5. The number of anilines is 2. The third-order valence-electron chi connectivity index (χ3n) is 2.53. The quantitative estimate of drug-likeness (QED) is 0.750. The second kappa shape index (κ2) is 3.61. The molecule has 3 N–H and O–H groups in total. The number of nitrogens with zero attached hydrogens (tertiary/aromatic N) is 2. The Bertz CT molecular complexity index is 321. The molecule has 0 aliphatic heterocycles. The molecule has 0 radical (unpaired) electrons. The van der Waals surface area contributed by atoms with Gasteiger partial charge in [0.1, 0.15) is 11.0 Å². The van der Waals surface area contributed by atoms with Crippen LogP contribution < -0.4 is 11.1 Å². The molecule has 1 fully saturated rings. The lowest BCUT2D eigenvalue weighted by atomic mass is 10.3. The Morgan fingerprint density at radius 1 is 1.64 bits per heavy atom. The molecule has 1 aliphatic carbocycles. The molecule has 4 nitrogen and oxygen atoms in total. The Kier molecular flexibility index (Phi) is 2.46. The van der Waals surface area contributed by atoms with E-state index in [9.17, 15) is 0 Å². The van der Waals surface area contributed by atoms with Crippen molar-refractivity contribution in [1.82, 2.24) is 9.97 Å². The fourth-order valence-electron chi connectivity index (χ4n) is 1.44. The van der Waals surface area contributed by atoms with Crippen molar-refractivity contribution in [3.63, 3.8) is 0 Å². The zero-order valence-corrected chi connectivity index (χ0v) is 8.75. The van der Waals surface area contributed by atoms with Gasteiger partial charge < -0.3 is 11.1 Å². The van der Waals surface area contributed by atoms with E-state index in [4.69, 9.17) is 17.3 Å². The fraction of sp³-hybridized carbons (Fsp3) is 0.556. The van der Waals surface area contributed by atoms with E-state index in [2.05, 4.69) is 22.2 Å². The first kappa shape index (κ1) is 9.52. The molecule has 5 heteroatoms. The van der Waals surface area contributed by atoms with Gasteiger partial charge in [-0.15, -0.1) is 0 Å². The van der Waals surface area contributed by atoms with Gasteiger partial charge >= 0.3 is 0 Å². The van der Waals surface area contributed by atoms with Crippen LogP contribution in [0.4, 0.5) is 11.8 Å². The maximum atomic E-state index is 5.74. The van der Waals surface area contributed by atoms with E-state index in [0.717, 1.165) is 18.4 Å². The Balaban J connectivity index is 1.95. The van der Waals surface area contributed by atoms with E-state index >= 15 is 0 Å². The van der Waals surface area contributed by atoms with Crippen molar-refractivity contribution in [1.29, 1.82) is 0 Å². The van der Waals surface area contributed by atoms with Crippen molar-refractivity contribution in [2.24, 2.45) is 11.8 Å². The molecule has 1 aromatic heterocycles. The van der Waals surface area contributed by atoms with Crippen LogP contribution in [0.5, 0.6) is 0 Å². The van der Waals surface area contributed by atoms with Gasteiger partial charge in [0, 0.05) is 12.6 Å². The summed E-state index contributed by atoms with van der Waals surface area (Å²) in [5.41, 5.74) is 5.46. The molecule has 76 valence electrons. The van der Waals surface area contributed by atoms with Gasteiger partial charge in [0.25, 0.3) is 0 Å². The van der Waals surface area contributed by atoms with Crippen molar-refractivity contribution in [2.75, 3.05) is 17.6 Å². The minimum absolute atomic E-state index is 0.212. The molecule has 0 aromatic carbocycles. The molecule has 0 saturated heterocycles. The summed E-state index contributed by atoms with van der Waals surface area (Å²) < 4.78 is 0. The van der Waals surface area contributed by atoms with Gasteiger partial charge in [0.05, 0.1) is 0 Å². The summed E-state index contributed by atoms with van der Waals surface area (Å²) in [7, 11) is 0. The summed E-state index contributed by atoms with van der Waals surface area (Å²) in [5, 5.41) is 3.58. The van der Waals surface area contributed by atoms with Crippen LogP contribution in [-0.4, -0.2) is 16.5 Å². The number of rotatable bonds is 3. The third-order valence-corrected chi connectivity index (χ3v) is 2.73. The molecule has 1 heterocycles. The molecule has 14 heavy (non-hydrogen) atoms. The summed E-state index contributed by atoms with van der Waals surface area (Å²) >= 11 is 5.74. The molecular weight excluding hydrogens is 200 g/mol. The fourth-order valence-corrected chi connectivity index (χ4v) is 1.63. The van der Waals surface area contributed by atoms with Gasteiger partial charge in [-0.3, -0.25) is 0 Å². The molecule has 2 unspecified atom stereocenters. The summed E-state index contributed by atoms with van der Waals surface area (Å²) in [6.07, 6.45) is 1.29. The monoisotopic (exact) mass is 212 g/mol. The Labute approximate surface area is 87.9 Å². The number of nitrogen functional groups attached to an aromatic ring is 1. The van der Waals surface area contributed by atoms with Gasteiger partial charge in [-0.1, -0.05) is 18.5 Å².